The molecular weight excluding hydrogens is 208 g/mol. The Kier molecular flexibility index (Phi) is 3.72. The molecule has 0 aromatic carbocycles. The van der Waals surface area contributed by atoms with Gasteiger partial charge in [0, 0.05) is 12.5 Å². The third-order valence-corrected chi connectivity index (χ3v) is 3.84. The van der Waals surface area contributed by atoms with Crippen molar-refractivity contribution in [2.24, 2.45) is 0 Å². The van der Waals surface area contributed by atoms with Gasteiger partial charge in [-0.1, -0.05) is 6.92 Å². The second-order valence-corrected chi connectivity index (χ2v) is 4.78. The zero-order chi connectivity index (χ0) is 10.7. The predicted octanol–water partition coefficient (Wildman–Crippen LogP) is 2.67. The Balaban J connectivity index is 2.08. The third kappa shape index (κ3) is 2.38. The third-order valence-electron chi connectivity index (χ3n) is 2.89. The summed E-state index contributed by atoms with van der Waals surface area (Å²) in [7, 11) is 1.75. The van der Waals surface area contributed by atoms with Crippen molar-refractivity contribution in [3.05, 3.63) is 16.1 Å². The van der Waals surface area contributed by atoms with Crippen molar-refractivity contribution in [2.45, 2.75) is 38.3 Å². The van der Waals surface area contributed by atoms with Crippen molar-refractivity contribution in [3.8, 4) is 0 Å². The molecule has 1 aromatic heterocycles. The van der Waals surface area contributed by atoms with Crippen molar-refractivity contribution in [1.29, 1.82) is 0 Å². The van der Waals surface area contributed by atoms with Crippen molar-refractivity contribution in [1.82, 2.24) is 10.3 Å². The van der Waals surface area contributed by atoms with Gasteiger partial charge in [-0.05, 0) is 25.8 Å². The predicted molar refractivity (Wildman–Crippen MR) is 62.1 cm³/mol. The first-order valence-corrected chi connectivity index (χ1v) is 6.44. The fourth-order valence-corrected chi connectivity index (χ4v) is 3.02. The fourth-order valence-electron chi connectivity index (χ4n) is 1.99. The molecule has 15 heavy (non-hydrogen) atoms. The highest BCUT2D eigenvalue weighted by molar-refractivity contribution is 7.09. The number of ether oxygens (including phenoxy) is 1. The van der Waals surface area contributed by atoms with Gasteiger partial charge in [0.2, 0.25) is 0 Å². The van der Waals surface area contributed by atoms with E-state index in [0.29, 0.717) is 6.04 Å². The van der Waals surface area contributed by atoms with Crippen molar-refractivity contribution < 1.29 is 4.74 Å². The maximum Gasteiger partial charge on any atom is 0.122 e. The summed E-state index contributed by atoms with van der Waals surface area (Å²) in [6.45, 7) is 3.25. The van der Waals surface area contributed by atoms with E-state index in [1.54, 1.807) is 18.4 Å². The van der Waals surface area contributed by atoms with E-state index in [0.717, 1.165) is 18.0 Å². The van der Waals surface area contributed by atoms with E-state index in [1.807, 2.05) is 0 Å². The number of nitrogens with zero attached hydrogens (tertiary/aromatic N) is 1. The van der Waals surface area contributed by atoms with Gasteiger partial charge in [-0.25, -0.2) is 4.98 Å². The second kappa shape index (κ2) is 5.05. The summed E-state index contributed by atoms with van der Waals surface area (Å²) in [5.41, 5.74) is 1.20. The molecule has 0 saturated carbocycles. The Morgan fingerprint density at radius 3 is 3.20 bits per heavy atom. The van der Waals surface area contributed by atoms with Gasteiger partial charge in [-0.2, -0.15) is 0 Å². The molecule has 0 amide bonds. The lowest BCUT2D eigenvalue weighted by atomic mass is 10.2. The van der Waals surface area contributed by atoms with Crippen LogP contribution in [-0.2, 0) is 4.74 Å². The molecule has 1 saturated heterocycles. The molecule has 84 valence electrons. The number of aromatic nitrogens is 1. The van der Waals surface area contributed by atoms with Gasteiger partial charge < -0.3 is 10.1 Å². The van der Waals surface area contributed by atoms with Crippen LogP contribution in [0, 0.1) is 0 Å². The molecule has 1 N–H and O–H groups in total. The quantitative estimate of drug-likeness (QED) is 0.857. The largest absolute Gasteiger partial charge is 0.374 e. The highest BCUT2D eigenvalue weighted by atomic mass is 32.1. The van der Waals surface area contributed by atoms with E-state index in [2.05, 4.69) is 22.6 Å². The summed E-state index contributed by atoms with van der Waals surface area (Å²) in [6.07, 6.45) is 3.64. The molecule has 4 heteroatoms. The summed E-state index contributed by atoms with van der Waals surface area (Å²) in [5.74, 6) is 0. The number of rotatable bonds is 4. The van der Waals surface area contributed by atoms with Crippen molar-refractivity contribution >= 4 is 11.3 Å². The minimum absolute atomic E-state index is 0.171. The lowest BCUT2D eigenvalue weighted by Gasteiger charge is -2.09. The summed E-state index contributed by atoms with van der Waals surface area (Å²) in [4.78, 5) is 4.67. The van der Waals surface area contributed by atoms with Crippen LogP contribution in [0.2, 0.25) is 0 Å². The zero-order valence-electron chi connectivity index (χ0n) is 9.32. The minimum Gasteiger partial charge on any atom is -0.374 e. The molecule has 0 radical (unpaired) electrons. The number of thiazole rings is 1. The van der Waals surface area contributed by atoms with E-state index in [-0.39, 0.29) is 6.10 Å². The van der Waals surface area contributed by atoms with Crippen LogP contribution in [0.15, 0.2) is 5.38 Å². The Bertz CT molecular complexity index is 287. The lowest BCUT2D eigenvalue weighted by molar-refractivity contribution is 0.0996. The highest BCUT2D eigenvalue weighted by Crippen LogP contribution is 2.29. The van der Waals surface area contributed by atoms with E-state index in [1.165, 1.54) is 18.5 Å². The van der Waals surface area contributed by atoms with Crippen molar-refractivity contribution in [3.63, 3.8) is 0 Å². The molecule has 2 atom stereocenters. The van der Waals surface area contributed by atoms with E-state index in [9.17, 15) is 0 Å². The number of hydrogen-bond donors (Lipinski definition) is 1. The lowest BCUT2D eigenvalue weighted by Crippen LogP contribution is -2.13. The molecule has 1 aliphatic heterocycles. The standard InChI is InChI=1S/C11H18N2OS/c1-3-10(14-2)11-13-9(7-15-11)8-5-4-6-12-8/h7-8,10,12H,3-6H2,1-2H3/t8-,10?/m0/s1. The fraction of sp³-hybridized carbons (Fsp3) is 0.727. The molecule has 2 heterocycles. The molecule has 0 spiro atoms. The van der Waals surface area contributed by atoms with Crippen LogP contribution in [0.4, 0.5) is 0 Å². The van der Waals surface area contributed by atoms with E-state index >= 15 is 0 Å². The van der Waals surface area contributed by atoms with Crippen LogP contribution < -0.4 is 5.32 Å². The number of methoxy groups -OCH3 is 1. The van der Waals surface area contributed by atoms with Crippen LogP contribution >= 0.6 is 11.3 Å². The topological polar surface area (TPSA) is 34.1 Å². The Morgan fingerprint density at radius 2 is 2.60 bits per heavy atom. The summed E-state index contributed by atoms with van der Waals surface area (Å²) < 4.78 is 5.39. The van der Waals surface area contributed by atoms with Gasteiger partial charge in [0.25, 0.3) is 0 Å². The van der Waals surface area contributed by atoms with Gasteiger partial charge >= 0.3 is 0 Å². The van der Waals surface area contributed by atoms with Crippen LogP contribution in [0.5, 0.6) is 0 Å². The first-order valence-electron chi connectivity index (χ1n) is 5.56. The van der Waals surface area contributed by atoms with Crippen LogP contribution in [0.3, 0.4) is 0 Å². The molecule has 0 bridgehead atoms. The summed E-state index contributed by atoms with van der Waals surface area (Å²) in [6, 6.07) is 0.476. The van der Waals surface area contributed by atoms with Crippen LogP contribution in [0.1, 0.15) is 49.0 Å². The SMILES string of the molecule is CCC(OC)c1nc([C@@H]2CCCN2)cs1. The molecule has 1 aromatic rings. The van der Waals surface area contributed by atoms with Crippen LogP contribution in [0.25, 0.3) is 0 Å². The first-order chi connectivity index (χ1) is 7.35. The zero-order valence-corrected chi connectivity index (χ0v) is 10.1. The maximum absolute atomic E-state index is 5.39. The molecule has 1 unspecified atom stereocenters. The summed E-state index contributed by atoms with van der Waals surface area (Å²) in [5, 5.41) is 6.75. The Morgan fingerprint density at radius 1 is 1.73 bits per heavy atom. The van der Waals surface area contributed by atoms with E-state index < -0.39 is 0 Å². The van der Waals surface area contributed by atoms with Gasteiger partial charge in [0.05, 0.1) is 11.7 Å². The normalized spacial score (nSPS) is 23.2. The Hall–Kier alpha value is -0.450. The molecule has 1 fully saturated rings. The maximum atomic E-state index is 5.39. The second-order valence-electron chi connectivity index (χ2n) is 3.89. The van der Waals surface area contributed by atoms with Crippen LogP contribution in [-0.4, -0.2) is 18.6 Å². The molecule has 2 rings (SSSR count). The van der Waals surface area contributed by atoms with Gasteiger partial charge in [-0.3, -0.25) is 0 Å². The average Bonchev–Trinajstić information content (AvgIpc) is 2.89. The minimum atomic E-state index is 0.171. The number of nitrogens with one attached hydrogen (secondary N) is 1. The van der Waals surface area contributed by atoms with Gasteiger partial charge in [0.1, 0.15) is 11.1 Å². The Labute approximate surface area is 94.9 Å². The average molecular weight is 226 g/mol. The molecule has 0 aliphatic carbocycles. The van der Waals surface area contributed by atoms with Gasteiger partial charge in [0.15, 0.2) is 0 Å². The number of hydrogen-bond acceptors (Lipinski definition) is 4. The van der Waals surface area contributed by atoms with Gasteiger partial charge in [-0.15, -0.1) is 11.3 Å². The summed E-state index contributed by atoms with van der Waals surface area (Å²) >= 11 is 1.72. The molecule has 3 nitrogen and oxygen atoms in total. The molecule has 1 aliphatic rings. The van der Waals surface area contributed by atoms with E-state index in [4.69, 9.17) is 4.74 Å². The smallest absolute Gasteiger partial charge is 0.122 e. The molecular formula is C11H18N2OS. The van der Waals surface area contributed by atoms with Crippen molar-refractivity contribution in [2.75, 3.05) is 13.7 Å². The first kappa shape index (κ1) is 11.0. The monoisotopic (exact) mass is 226 g/mol. The highest BCUT2D eigenvalue weighted by Gasteiger charge is 2.20.